The summed E-state index contributed by atoms with van der Waals surface area (Å²) in [5.41, 5.74) is 6.41. The minimum absolute atomic E-state index is 0.0629. The smallest absolute Gasteiger partial charge is 0.259 e. The van der Waals surface area contributed by atoms with Crippen LogP contribution in [-0.4, -0.2) is 14.5 Å². The number of nitrogen functional groups attached to an aromatic ring is 1. The van der Waals surface area contributed by atoms with Gasteiger partial charge in [0.15, 0.2) is 0 Å². The van der Waals surface area contributed by atoms with Gasteiger partial charge in [-0.25, -0.2) is 4.98 Å². The zero-order valence-electron chi connectivity index (χ0n) is 13.6. The molecule has 25 heavy (non-hydrogen) atoms. The van der Waals surface area contributed by atoms with Gasteiger partial charge in [0.25, 0.3) is 5.56 Å². The molecule has 1 atom stereocenters. The molecule has 1 aromatic carbocycles. The lowest BCUT2D eigenvalue weighted by atomic mass is 10.1. The van der Waals surface area contributed by atoms with Crippen molar-refractivity contribution in [1.82, 2.24) is 14.5 Å². The van der Waals surface area contributed by atoms with Crippen molar-refractivity contribution < 1.29 is 0 Å². The number of fused-ring (bicyclic) bond motifs is 1. The first-order valence-electron chi connectivity index (χ1n) is 7.49. The standard InChI is InChI=1S/C17H15ClN6O/c1-9(22-15-11(7-19)8-21-17(20)23-15)13-6-10-4-3-5-12(18)14(10)16(25)24(13)2/h3-6,8-9H,1-2H3,(H3,20,21,22,23). The van der Waals surface area contributed by atoms with Gasteiger partial charge in [0.1, 0.15) is 17.5 Å². The molecule has 126 valence electrons. The fraction of sp³-hybridized carbons (Fsp3) is 0.176. The minimum Gasteiger partial charge on any atom is -0.368 e. The summed E-state index contributed by atoms with van der Waals surface area (Å²) in [5, 5.41) is 13.9. The molecule has 0 saturated carbocycles. The third-order valence-corrected chi connectivity index (χ3v) is 4.29. The van der Waals surface area contributed by atoms with Gasteiger partial charge < -0.3 is 15.6 Å². The fourth-order valence-corrected chi connectivity index (χ4v) is 2.97. The van der Waals surface area contributed by atoms with Crippen LogP contribution >= 0.6 is 11.6 Å². The van der Waals surface area contributed by atoms with E-state index >= 15 is 0 Å². The van der Waals surface area contributed by atoms with E-state index in [1.165, 1.54) is 10.8 Å². The summed E-state index contributed by atoms with van der Waals surface area (Å²) in [6.45, 7) is 1.87. The van der Waals surface area contributed by atoms with Crippen LogP contribution in [0, 0.1) is 11.3 Å². The van der Waals surface area contributed by atoms with E-state index < -0.39 is 0 Å². The Balaban J connectivity index is 2.08. The lowest BCUT2D eigenvalue weighted by molar-refractivity contribution is 0.720. The first-order chi connectivity index (χ1) is 11.9. The lowest BCUT2D eigenvalue weighted by Gasteiger charge is -2.19. The average Bonchev–Trinajstić information content (AvgIpc) is 2.58. The molecule has 0 amide bonds. The van der Waals surface area contributed by atoms with E-state index in [0.29, 0.717) is 16.2 Å². The van der Waals surface area contributed by atoms with E-state index in [2.05, 4.69) is 15.3 Å². The van der Waals surface area contributed by atoms with Crippen LogP contribution in [0.15, 0.2) is 35.3 Å². The Bertz CT molecular complexity index is 1070. The molecule has 0 aliphatic rings. The number of anilines is 2. The van der Waals surface area contributed by atoms with Crippen LogP contribution in [0.1, 0.15) is 24.2 Å². The molecule has 3 N–H and O–H groups in total. The van der Waals surface area contributed by atoms with Gasteiger partial charge in [-0.15, -0.1) is 0 Å². The molecule has 0 radical (unpaired) electrons. The molecule has 0 spiro atoms. The second kappa shape index (κ2) is 6.42. The highest BCUT2D eigenvalue weighted by Crippen LogP contribution is 2.25. The van der Waals surface area contributed by atoms with Gasteiger partial charge in [-0.2, -0.15) is 10.2 Å². The van der Waals surface area contributed by atoms with Crippen LogP contribution in [0.3, 0.4) is 0 Å². The number of pyridine rings is 1. The molecule has 0 aliphatic heterocycles. The number of aromatic nitrogens is 3. The van der Waals surface area contributed by atoms with Crippen LogP contribution in [-0.2, 0) is 7.05 Å². The molecule has 0 aliphatic carbocycles. The molecule has 3 rings (SSSR count). The minimum atomic E-state index is -0.303. The lowest BCUT2D eigenvalue weighted by Crippen LogP contribution is -2.24. The maximum absolute atomic E-state index is 12.7. The van der Waals surface area contributed by atoms with Gasteiger partial charge in [-0.1, -0.05) is 23.7 Å². The predicted molar refractivity (Wildman–Crippen MR) is 97.4 cm³/mol. The van der Waals surface area contributed by atoms with Crippen molar-refractivity contribution in [3.05, 3.63) is 57.1 Å². The van der Waals surface area contributed by atoms with Crippen LogP contribution in [0.25, 0.3) is 10.8 Å². The zero-order chi connectivity index (χ0) is 18.1. The number of hydrogen-bond acceptors (Lipinski definition) is 6. The monoisotopic (exact) mass is 354 g/mol. The highest BCUT2D eigenvalue weighted by atomic mass is 35.5. The quantitative estimate of drug-likeness (QED) is 0.748. The van der Waals surface area contributed by atoms with Crippen molar-refractivity contribution in [1.29, 1.82) is 5.26 Å². The molecule has 8 heteroatoms. The van der Waals surface area contributed by atoms with Gasteiger partial charge in [-0.3, -0.25) is 4.79 Å². The van der Waals surface area contributed by atoms with Gasteiger partial charge in [0, 0.05) is 12.7 Å². The van der Waals surface area contributed by atoms with E-state index in [1.807, 2.05) is 25.1 Å². The van der Waals surface area contributed by atoms with Crippen molar-refractivity contribution in [2.45, 2.75) is 13.0 Å². The summed E-state index contributed by atoms with van der Waals surface area (Å²) >= 11 is 6.16. The van der Waals surface area contributed by atoms with Crippen LogP contribution < -0.4 is 16.6 Å². The maximum atomic E-state index is 12.7. The van der Waals surface area contributed by atoms with E-state index in [4.69, 9.17) is 17.3 Å². The molecule has 0 saturated heterocycles. The van der Waals surface area contributed by atoms with Crippen LogP contribution in [0.2, 0.25) is 5.02 Å². The number of hydrogen-bond donors (Lipinski definition) is 2. The normalized spacial score (nSPS) is 11.9. The highest BCUT2D eigenvalue weighted by Gasteiger charge is 2.16. The number of nitrogens with two attached hydrogens (primary N) is 1. The molecular weight excluding hydrogens is 340 g/mol. The molecule has 0 bridgehead atoms. The van der Waals surface area contributed by atoms with Crippen molar-refractivity contribution in [3.63, 3.8) is 0 Å². The van der Waals surface area contributed by atoms with E-state index in [-0.39, 0.29) is 23.1 Å². The first-order valence-corrected chi connectivity index (χ1v) is 7.87. The third-order valence-electron chi connectivity index (χ3n) is 3.98. The first kappa shape index (κ1) is 16.7. The molecule has 0 fully saturated rings. The second-order valence-corrected chi connectivity index (χ2v) is 6.01. The Morgan fingerprint density at radius 1 is 1.44 bits per heavy atom. The molecule has 3 aromatic rings. The number of nitriles is 1. The molecule has 7 nitrogen and oxygen atoms in total. The Morgan fingerprint density at radius 3 is 2.92 bits per heavy atom. The Morgan fingerprint density at radius 2 is 2.20 bits per heavy atom. The van der Waals surface area contributed by atoms with Gasteiger partial charge in [0.2, 0.25) is 5.95 Å². The number of nitrogens with zero attached hydrogens (tertiary/aromatic N) is 4. The van der Waals surface area contributed by atoms with Crippen molar-refractivity contribution in [3.8, 4) is 6.07 Å². The van der Waals surface area contributed by atoms with Crippen molar-refractivity contribution in [2.24, 2.45) is 7.05 Å². The summed E-state index contributed by atoms with van der Waals surface area (Å²) < 4.78 is 1.53. The topological polar surface area (TPSA) is 110 Å². The van der Waals surface area contributed by atoms with E-state index in [0.717, 1.165) is 11.1 Å². The van der Waals surface area contributed by atoms with Gasteiger partial charge >= 0.3 is 0 Å². The Hall–Kier alpha value is -3.11. The van der Waals surface area contributed by atoms with E-state index in [1.54, 1.807) is 19.2 Å². The molecule has 2 heterocycles. The molecular formula is C17H15ClN6O. The largest absolute Gasteiger partial charge is 0.368 e. The number of benzene rings is 1. The molecule has 2 aromatic heterocycles. The zero-order valence-corrected chi connectivity index (χ0v) is 14.4. The predicted octanol–water partition coefficient (Wildman–Crippen LogP) is 2.61. The summed E-state index contributed by atoms with van der Waals surface area (Å²) in [6, 6.07) is 8.92. The number of halogens is 1. The fourth-order valence-electron chi connectivity index (χ4n) is 2.71. The van der Waals surface area contributed by atoms with Crippen LogP contribution in [0.5, 0.6) is 0 Å². The summed E-state index contributed by atoms with van der Waals surface area (Å²) in [4.78, 5) is 20.5. The summed E-state index contributed by atoms with van der Waals surface area (Å²) in [6.07, 6.45) is 1.36. The van der Waals surface area contributed by atoms with Crippen LogP contribution in [0.4, 0.5) is 11.8 Å². The third kappa shape index (κ3) is 2.99. The highest BCUT2D eigenvalue weighted by molar-refractivity contribution is 6.35. The SMILES string of the molecule is CC(Nc1nc(N)ncc1C#N)c1cc2cccc(Cl)c2c(=O)n1C. The van der Waals surface area contributed by atoms with Crippen molar-refractivity contribution in [2.75, 3.05) is 11.1 Å². The summed E-state index contributed by atoms with van der Waals surface area (Å²) in [5.74, 6) is 0.383. The number of nitrogens with one attached hydrogen (secondary N) is 1. The van der Waals surface area contributed by atoms with Crippen molar-refractivity contribution >= 4 is 34.1 Å². The number of rotatable bonds is 3. The maximum Gasteiger partial charge on any atom is 0.259 e. The van der Waals surface area contributed by atoms with Gasteiger partial charge in [0.05, 0.1) is 22.6 Å². The second-order valence-electron chi connectivity index (χ2n) is 5.61. The summed E-state index contributed by atoms with van der Waals surface area (Å²) in [7, 11) is 1.68. The average molecular weight is 355 g/mol. The Kier molecular flexibility index (Phi) is 4.30. The Labute approximate surface area is 148 Å². The van der Waals surface area contributed by atoms with Gasteiger partial charge in [-0.05, 0) is 24.4 Å². The van der Waals surface area contributed by atoms with E-state index in [9.17, 15) is 10.1 Å². The molecule has 1 unspecified atom stereocenters.